The highest BCUT2D eigenvalue weighted by molar-refractivity contribution is 7.11. The Kier molecular flexibility index (Phi) is 5.27. The number of hydrogen-bond donors (Lipinski definition) is 0. The minimum atomic E-state index is -0.244. The van der Waals surface area contributed by atoms with E-state index in [0.29, 0.717) is 22.6 Å². The Morgan fingerprint density at radius 3 is 2.50 bits per heavy atom. The maximum Gasteiger partial charge on any atom is 0.263 e. The first-order valence-electron chi connectivity index (χ1n) is 11.5. The molecule has 7 nitrogen and oxygen atoms in total. The van der Waals surface area contributed by atoms with E-state index in [1.165, 1.54) is 14.7 Å². The van der Waals surface area contributed by atoms with Crippen LogP contribution in [0.2, 0.25) is 0 Å². The lowest BCUT2D eigenvalue weighted by molar-refractivity contribution is 0.0642. The molecule has 0 spiro atoms. The van der Waals surface area contributed by atoms with Crippen molar-refractivity contribution in [3.63, 3.8) is 0 Å². The van der Waals surface area contributed by atoms with Crippen LogP contribution in [0.3, 0.4) is 0 Å². The summed E-state index contributed by atoms with van der Waals surface area (Å²) in [5.74, 6) is 0.850. The van der Waals surface area contributed by atoms with E-state index in [1.54, 1.807) is 6.07 Å². The first-order chi connectivity index (χ1) is 16.6. The van der Waals surface area contributed by atoms with Crippen molar-refractivity contribution in [3.8, 4) is 11.5 Å². The molecule has 0 N–H and O–H groups in total. The van der Waals surface area contributed by atoms with Crippen LogP contribution in [0.15, 0.2) is 48.5 Å². The summed E-state index contributed by atoms with van der Waals surface area (Å²) in [5, 5.41) is 0. The second kappa shape index (κ2) is 8.45. The van der Waals surface area contributed by atoms with Gasteiger partial charge in [0.2, 0.25) is 6.79 Å². The molecule has 1 saturated heterocycles. The number of hydrogen-bond acceptors (Lipinski definition) is 7. The van der Waals surface area contributed by atoms with Gasteiger partial charge >= 0.3 is 0 Å². The second-order valence-electron chi connectivity index (χ2n) is 8.86. The quantitative estimate of drug-likeness (QED) is 0.522. The Morgan fingerprint density at radius 2 is 1.71 bits per heavy atom. The van der Waals surface area contributed by atoms with E-state index >= 15 is 0 Å². The standard InChI is InChI=1S/C26H25N3O4S/c1-17-5-7-19(34-17)15-27-9-11-28(12-10-27)21-4-2-3-20-24(21)26(31)29(25(20)30)14-18-6-8-22-23(13-18)33-16-32-22/h2-8,13H,9-12,14-16H2,1H3. The summed E-state index contributed by atoms with van der Waals surface area (Å²) >= 11 is 1.84. The third kappa shape index (κ3) is 3.73. The molecule has 3 aliphatic rings. The van der Waals surface area contributed by atoms with Crippen LogP contribution in [0.1, 0.15) is 36.0 Å². The molecule has 0 radical (unpaired) electrons. The van der Waals surface area contributed by atoms with Gasteiger partial charge in [-0.1, -0.05) is 12.1 Å². The van der Waals surface area contributed by atoms with Crippen molar-refractivity contribution >= 4 is 28.8 Å². The minimum absolute atomic E-state index is 0.190. The summed E-state index contributed by atoms with van der Waals surface area (Å²) in [6, 6.07) is 15.5. The van der Waals surface area contributed by atoms with Crippen molar-refractivity contribution < 1.29 is 19.1 Å². The van der Waals surface area contributed by atoms with Crippen molar-refractivity contribution in [1.82, 2.24) is 9.80 Å². The smallest absolute Gasteiger partial charge is 0.263 e. The zero-order valence-electron chi connectivity index (χ0n) is 19.0. The van der Waals surface area contributed by atoms with Crippen LogP contribution in [0, 0.1) is 6.92 Å². The molecule has 0 bridgehead atoms. The highest BCUT2D eigenvalue weighted by atomic mass is 32.1. The number of thiophene rings is 1. The van der Waals surface area contributed by atoms with Gasteiger partial charge in [-0.3, -0.25) is 19.4 Å². The third-order valence-corrected chi connectivity index (χ3v) is 7.63. The number of piperazine rings is 1. The van der Waals surface area contributed by atoms with E-state index in [1.807, 2.05) is 41.7 Å². The number of fused-ring (bicyclic) bond motifs is 2. The number of rotatable bonds is 5. The predicted octanol–water partition coefficient (Wildman–Crippen LogP) is 3.90. The molecule has 6 rings (SSSR count). The van der Waals surface area contributed by atoms with Gasteiger partial charge in [-0.15, -0.1) is 11.3 Å². The van der Waals surface area contributed by atoms with E-state index in [9.17, 15) is 9.59 Å². The molecule has 3 aromatic rings. The normalized spacial score (nSPS) is 17.6. The number of benzene rings is 2. The van der Waals surface area contributed by atoms with Crippen LogP contribution in [-0.4, -0.2) is 54.6 Å². The van der Waals surface area contributed by atoms with Crippen molar-refractivity contribution in [2.75, 3.05) is 37.9 Å². The molecule has 1 aromatic heterocycles. The summed E-state index contributed by atoms with van der Waals surface area (Å²) in [4.78, 5) is 35.3. The highest BCUT2D eigenvalue weighted by Crippen LogP contribution is 2.36. The van der Waals surface area contributed by atoms with Gasteiger partial charge in [0.05, 0.1) is 23.4 Å². The number of carbonyl (C=O) groups is 2. The van der Waals surface area contributed by atoms with Crippen molar-refractivity contribution in [2.45, 2.75) is 20.0 Å². The Labute approximate surface area is 202 Å². The van der Waals surface area contributed by atoms with Crippen LogP contribution in [0.25, 0.3) is 0 Å². The molecule has 2 amide bonds. The molecule has 4 heterocycles. The molecule has 8 heteroatoms. The van der Waals surface area contributed by atoms with E-state index < -0.39 is 0 Å². The predicted molar refractivity (Wildman–Crippen MR) is 130 cm³/mol. The Morgan fingerprint density at radius 1 is 0.882 bits per heavy atom. The lowest BCUT2D eigenvalue weighted by Crippen LogP contribution is -2.46. The number of aryl methyl sites for hydroxylation is 1. The molecule has 3 aliphatic heterocycles. The molecule has 0 unspecified atom stereocenters. The zero-order valence-corrected chi connectivity index (χ0v) is 19.8. The lowest BCUT2D eigenvalue weighted by atomic mass is 10.1. The fraction of sp³-hybridized carbons (Fsp3) is 0.308. The molecule has 0 saturated carbocycles. The van der Waals surface area contributed by atoms with Gasteiger partial charge in [-0.05, 0) is 48.9 Å². The Balaban J connectivity index is 1.18. The monoisotopic (exact) mass is 475 g/mol. The first-order valence-corrected chi connectivity index (χ1v) is 12.3. The van der Waals surface area contributed by atoms with Crippen LogP contribution in [-0.2, 0) is 13.1 Å². The van der Waals surface area contributed by atoms with Gasteiger partial charge in [0, 0.05) is 42.5 Å². The fourth-order valence-electron chi connectivity index (χ4n) is 4.88. The molecular weight excluding hydrogens is 450 g/mol. The van der Waals surface area contributed by atoms with Gasteiger partial charge in [-0.25, -0.2) is 0 Å². The van der Waals surface area contributed by atoms with E-state index in [-0.39, 0.29) is 25.2 Å². The first kappa shape index (κ1) is 21.2. The van der Waals surface area contributed by atoms with Crippen molar-refractivity contribution in [1.29, 1.82) is 0 Å². The molecule has 34 heavy (non-hydrogen) atoms. The number of imide groups is 1. The Bertz CT molecular complexity index is 1280. The van der Waals surface area contributed by atoms with Crippen LogP contribution in [0.5, 0.6) is 11.5 Å². The average molecular weight is 476 g/mol. The summed E-state index contributed by atoms with van der Waals surface area (Å²) in [7, 11) is 0. The second-order valence-corrected chi connectivity index (χ2v) is 10.2. The average Bonchev–Trinajstić information content (AvgIpc) is 3.55. The summed E-state index contributed by atoms with van der Waals surface area (Å²) in [5.41, 5.74) is 2.70. The molecule has 0 atom stereocenters. The molecule has 174 valence electrons. The zero-order chi connectivity index (χ0) is 23.2. The van der Waals surface area contributed by atoms with Gasteiger partial charge in [0.25, 0.3) is 11.8 Å². The minimum Gasteiger partial charge on any atom is -0.454 e. The van der Waals surface area contributed by atoms with Crippen LogP contribution < -0.4 is 14.4 Å². The van der Waals surface area contributed by atoms with Crippen LogP contribution >= 0.6 is 11.3 Å². The Hall–Kier alpha value is -3.36. The number of carbonyl (C=O) groups excluding carboxylic acids is 2. The number of ether oxygens (including phenoxy) is 2. The lowest BCUT2D eigenvalue weighted by Gasteiger charge is -2.36. The topological polar surface area (TPSA) is 62.3 Å². The van der Waals surface area contributed by atoms with Crippen molar-refractivity contribution in [2.24, 2.45) is 0 Å². The third-order valence-electron chi connectivity index (χ3n) is 6.64. The number of amides is 2. The maximum absolute atomic E-state index is 13.4. The van der Waals surface area contributed by atoms with E-state index in [0.717, 1.165) is 44.0 Å². The summed E-state index contributed by atoms with van der Waals surface area (Å²) in [6.45, 7) is 6.98. The van der Waals surface area contributed by atoms with Gasteiger partial charge < -0.3 is 14.4 Å². The summed E-state index contributed by atoms with van der Waals surface area (Å²) in [6.07, 6.45) is 0. The summed E-state index contributed by atoms with van der Waals surface area (Å²) < 4.78 is 10.8. The molecular formula is C26H25N3O4S. The number of nitrogens with zero attached hydrogens (tertiary/aromatic N) is 3. The molecule has 2 aromatic carbocycles. The highest BCUT2D eigenvalue weighted by Gasteiger charge is 2.39. The largest absolute Gasteiger partial charge is 0.454 e. The van der Waals surface area contributed by atoms with E-state index in [4.69, 9.17) is 9.47 Å². The molecule has 0 aliphatic carbocycles. The fourth-order valence-corrected chi connectivity index (χ4v) is 5.81. The molecule has 1 fully saturated rings. The maximum atomic E-state index is 13.4. The SMILES string of the molecule is Cc1ccc(CN2CCN(c3cccc4c3C(=O)N(Cc3ccc5c(c3)OCO5)C4=O)CC2)s1. The van der Waals surface area contributed by atoms with Crippen molar-refractivity contribution in [3.05, 3.63) is 75.0 Å². The van der Waals surface area contributed by atoms with Crippen LogP contribution in [0.4, 0.5) is 5.69 Å². The van der Waals surface area contributed by atoms with Gasteiger partial charge in [0.1, 0.15) is 0 Å². The van der Waals surface area contributed by atoms with Gasteiger partial charge in [-0.2, -0.15) is 0 Å². The number of anilines is 1. The van der Waals surface area contributed by atoms with E-state index in [2.05, 4.69) is 28.9 Å². The van der Waals surface area contributed by atoms with Gasteiger partial charge in [0.15, 0.2) is 11.5 Å².